The number of nitrogens with zero attached hydrogens (tertiary/aromatic N) is 3. The van der Waals surface area contributed by atoms with E-state index in [0.717, 1.165) is 11.1 Å². The van der Waals surface area contributed by atoms with Gasteiger partial charge in [0.1, 0.15) is 5.75 Å². The molecule has 2 aromatic rings. The zero-order valence-corrected chi connectivity index (χ0v) is 12.2. The largest absolute Gasteiger partial charge is 0.497 e. The van der Waals surface area contributed by atoms with Gasteiger partial charge in [0.05, 0.1) is 24.6 Å². The van der Waals surface area contributed by atoms with Crippen LogP contribution in [0.5, 0.6) is 5.75 Å². The lowest BCUT2D eigenvalue weighted by Gasteiger charge is -2.15. The van der Waals surface area contributed by atoms with E-state index in [1.165, 1.54) is 45.5 Å². The molecule has 1 aromatic carbocycles. The Morgan fingerprint density at radius 3 is 2.27 bits per heavy atom. The van der Waals surface area contributed by atoms with Gasteiger partial charge >= 0.3 is 6.18 Å². The monoisotopic (exact) mass is 313 g/mol. The first-order valence-electron chi connectivity index (χ1n) is 6.27. The summed E-state index contributed by atoms with van der Waals surface area (Å²) in [7, 11) is 4.22. The number of hydrogen-bond donors (Lipinski definition) is 0. The van der Waals surface area contributed by atoms with Crippen molar-refractivity contribution in [2.45, 2.75) is 6.18 Å². The van der Waals surface area contributed by atoms with Gasteiger partial charge in [-0.2, -0.15) is 18.3 Å². The predicted molar refractivity (Wildman–Crippen MR) is 73.1 cm³/mol. The van der Waals surface area contributed by atoms with E-state index in [-0.39, 0.29) is 5.69 Å². The summed E-state index contributed by atoms with van der Waals surface area (Å²) in [5, 5.41) is 3.72. The molecule has 0 aliphatic heterocycles. The fourth-order valence-electron chi connectivity index (χ4n) is 1.94. The summed E-state index contributed by atoms with van der Waals surface area (Å²) >= 11 is 0. The molecule has 0 aliphatic carbocycles. The zero-order chi connectivity index (χ0) is 16.5. The molecule has 0 fully saturated rings. The lowest BCUT2D eigenvalue weighted by atomic mass is 10.2. The van der Waals surface area contributed by atoms with Crippen molar-refractivity contribution in [3.8, 4) is 11.4 Å². The highest BCUT2D eigenvalue weighted by Gasteiger charge is 2.40. The highest BCUT2D eigenvalue weighted by atomic mass is 19.4. The van der Waals surface area contributed by atoms with Crippen molar-refractivity contribution in [3.63, 3.8) is 0 Å². The second-order valence-corrected chi connectivity index (χ2v) is 4.71. The van der Waals surface area contributed by atoms with Crippen LogP contribution in [0.4, 0.5) is 13.2 Å². The second kappa shape index (κ2) is 5.70. The summed E-state index contributed by atoms with van der Waals surface area (Å²) < 4.78 is 45.7. The molecule has 0 spiro atoms. The van der Waals surface area contributed by atoms with Crippen molar-refractivity contribution in [2.75, 3.05) is 21.2 Å². The molecule has 22 heavy (non-hydrogen) atoms. The molecular weight excluding hydrogens is 299 g/mol. The van der Waals surface area contributed by atoms with Crippen LogP contribution in [-0.4, -0.2) is 41.8 Å². The summed E-state index contributed by atoms with van der Waals surface area (Å²) in [5.41, 5.74) is -1.41. The summed E-state index contributed by atoms with van der Waals surface area (Å²) in [6.07, 6.45) is -3.78. The molecule has 0 unspecified atom stereocenters. The minimum absolute atomic E-state index is 0.186. The van der Waals surface area contributed by atoms with Gasteiger partial charge in [-0.05, 0) is 24.3 Å². The first-order chi connectivity index (χ1) is 10.3. The third-order valence-corrected chi connectivity index (χ3v) is 2.99. The normalized spacial score (nSPS) is 11.4. The molecule has 0 atom stereocenters. The number of benzene rings is 1. The van der Waals surface area contributed by atoms with Gasteiger partial charge in [-0.25, -0.2) is 4.68 Å². The minimum Gasteiger partial charge on any atom is -0.497 e. The molecule has 1 heterocycles. The Morgan fingerprint density at radius 1 is 1.23 bits per heavy atom. The molecule has 0 bridgehead atoms. The highest BCUT2D eigenvalue weighted by molar-refractivity contribution is 5.95. The van der Waals surface area contributed by atoms with Crippen molar-refractivity contribution >= 4 is 5.91 Å². The van der Waals surface area contributed by atoms with Crippen LogP contribution in [0.2, 0.25) is 0 Å². The van der Waals surface area contributed by atoms with E-state index in [1.807, 2.05) is 0 Å². The number of carbonyl (C=O) groups is 1. The Labute approximate surface area is 124 Å². The Kier molecular flexibility index (Phi) is 4.11. The van der Waals surface area contributed by atoms with E-state index in [1.54, 1.807) is 0 Å². The maximum Gasteiger partial charge on any atom is 0.434 e. The third kappa shape index (κ3) is 2.90. The van der Waals surface area contributed by atoms with Crippen molar-refractivity contribution < 1.29 is 22.7 Å². The average Bonchev–Trinajstić information content (AvgIpc) is 2.91. The number of hydrogen-bond acceptors (Lipinski definition) is 3. The number of alkyl halides is 3. The third-order valence-electron chi connectivity index (χ3n) is 2.99. The van der Waals surface area contributed by atoms with Crippen LogP contribution in [0.3, 0.4) is 0 Å². The summed E-state index contributed by atoms with van der Waals surface area (Å²) in [6, 6.07) is 5.91. The summed E-state index contributed by atoms with van der Waals surface area (Å²) in [4.78, 5) is 13.0. The number of ether oxygens (including phenoxy) is 1. The predicted octanol–water partition coefficient (Wildman–Crippen LogP) is 2.60. The fourth-order valence-corrected chi connectivity index (χ4v) is 1.94. The molecule has 0 N–H and O–H groups in total. The Morgan fingerprint density at radius 2 is 1.82 bits per heavy atom. The van der Waals surface area contributed by atoms with Gasteiger partial charge in [0.15, 0.2) is 5.69 Å². The molecule has 0 aliphatic rings. The van der Waals surface area contributed by atoms with Crippen LogP contribution < -0.4 is 4.74 Å². The minimum atomic E-state index is -4.71. The molecule has 0 saturated carbocycles. The van der Waals surface area contributed by atoms with Crippen LogP contribution in [0.1, 0.15) is 16.1 Å². The lowest BCUT2D eigenvalue weighted by molar-refractivity contribution is -0.143. The van der Waals surface area contributed by atoms with E-state index in [0.29, 0.717) is 10.4 Å². The average molecular weight is 313 g/mol. The van der Waals surface area contributed by atoms with Crippen molar-refractivity contribution in [1.29, 1.82) is 0 Å². The Bertz CT molecular complexity index is 676. The molecule has 0 saturated heterocycles. The first kappa shape index (κ1) is 15.9. The van der Waals surface area contributed by atoms with Crippen LogP contribution >= 0.6 is 0 Å². The Hall–Kier alpha value is -2.51. The molecular formula is C14H14F3N3O2. The molecule has 5 nitrogen and oxygen atoms in total. The number of amides is 1. The van der Waals surface area contributed by atoms with Gasteiger partial charge in [0.25, 0.3) is 5.91 Å². The molecule has 1 aromatic heterocycles. The Balaban J connectivity index is 2.58. The summed E-state index contributed by atoms with van der Waals surface area (Å²) in [5.74, 6) is -0.249. The van der Waals surface area contributed by atoms with E-state index in [2.05, 4.69) is 5.10 Å². The van der Waals surface area contributed by atoms with Gasteiger partial charge in [-0.15, -0.1) is 0 Å². The zero-order valence-electron chi connectivity index (χ0n) is 12.2. The molecule has 1 amide bonds. The van der Waals surface area contributed by atoms with Crippen LogP contribution in [-0.2, 0) is 6.18 Å². The summed E-state index contributed by atoms with van der Waals surface area (Å²) in [6.45, 7) is 0. The number of methoxy groups -OCH3 is 1. The van der Waals surface area contributed by atoms with Crippen molar-refractivity contribution in [3.05, 3.63) is 41.7 Å². The standard InChI is InChI=1S/C14H14F3N3O2/c1-19(2)13(21)11-8-18-20(12(11)14(15,16)17)9-4-6-10(22-3)7-5-9/h4-8H,1-3H3. The highest BCUT2D eigenvalue weighted by Crippen LogP contribution is 2.34. The van der Waals surface area contributed by atoms with Crippen molar-refractivity contribution in [1.82, 2.24) is 14.7 Å². The van der Waals surface area contributed by atoms with Gasteiger partial charge < -0.3 is 9.64 Å². The van der Waals surface area contributed by atoms with Crippen molar-refractivity contribution in [2.24, 2.45) is 0 Å². The maximum atomic E-state index is 13.3. The van der Waals surface area contributed by atoms with E-state index in [4.69, 9.17) is 4.74 Å². The fraction of sp³-hybridized carbons (Fsp3) is 0.286. The van der Waals surface area contributed by atoms with Gasteiger partial charge in [-0.3, -0.25) is 4.79 Å². The maximum absolute atomic E-state index is 13.3. The van der Waals surface area contributed by atoms with Gasteiger partial charge in [0.2, 0.25) is 0 Å². The van der Waals surface area contributed by atoms with Crippen LogP contribution in [0.15, 0.2) is 30.5 Å². The van der Waals surface area contributed by atoms with Crippen LogP contribution in [0, 0.1) is 0 Å². The number of halogens is 3. The van der Waals surface area contributed by atoms with Crippen LogP contribution in [0.25, 0.3) is 5.69 Å². The topological polar surface area (TPSA) is 47.4 Å². The number of carbonyl (C=O) groups excluding carboxylic acids is 1. The van der Waals surface area contributed by atoms with Gasteiger partial charge in [0, 0.05) is 14.1 Å². The number of aromatic nitrogens is 2. The lowest BCUT2D eigenvalue weighted by Crippen LogP contribution is -2.25. The molecule has 118 valence electrons. The quantitative estimate of drug-likeness (QED) is 0.875. The molecule has 2 rings (SSSR count). The first-order valence-corrected chi connectivity index (χ1v) is 6.27. The molecule has 8 heteroatoms. The second-order valence-electron chi connectivity index (χ2n) is 4.71. The SMILES string of the molecule is COc1ccc(-n2ncc(C(=O)N(C)C)c2C(F)(F)F)cc1. The number of rotatable bonds is 3. The molecule has 0 radical (unpaired) electrons. The van der Waals surface area contributed by atoms with Gasteiger partial charge in [-0.1, -0.05) is 0 Å². The van der Waals surface area contributed by atoms with E-state index >= 15 is 0 Å². The van der Waals surface area contributed by atoms with E-state index < -0.39 is 23.3 Å². The van der Waals surface area contributed by atoms with E-state index in [9.17, 15) is 18.0 Å². The smallest absolute Gasteiger partial charge is 0.434 e.